The van der Waals surface area contributed by atoms with Gasteiger partial charge in [0.2, 0.25) is 0 Å². The molecule has 3 N–H and O–H groups in total. The molecule has 1 rings (SSSR count). The SMILES string of the molecule is CCC(C)COc1ccc(C(=N)N)cc1Cl. The summed E-state index contributed by atoms with van der Waals surface area (Å²) in [5.74, 6) is 1.16. The van der Waals surface area contributed by atoms with Crippen LogP contribution in [0, 0.1) is 11.3 Å². The van der Waals surface area contributed by atoms with Gasteiger partial charge in [0.15, 0.2) is 0 Å². The Balaban J connectivity index is 2.72. The maximum Gasteiger partial charge on any atom is 0.137 e. The summed E-state index contributed by atoms with van der Waals surface area (Å²) in [6.07, 6.45) is 1.07. The molecule has 1 unspecified atom stereocenters. The molecule has 4 heteroatoms. The minimum atomic E-state index is 0.00961. The largest absolute Gasteiger partial charge is 0.492 e. The summed E-state index contributed by atoms with van der Waals surface area (Å²) in [7, 11) is 0. The third kappa shape index (κ3) is 3.42. The van der Waals surface area contributed by atoms with Gasteiger partial charge in [0.1, 0.15) is 11.6 Å². The first kappa shape index (κ1) is 12.8. The Morgan fingerprint density at radius 1 is 1.56 bits per heavy atom. The molecule has 1 aromatic carbocycles. The molecule has 1 aromatic rings. The molecular weight excluding hydrogens is 224 g/mol. The molecule has 0 spiro atoms. The lowest BCUT2D eigenvalue weighted by molar-refractivity contribution is 0.257. The van der Waals surface area contributed by atoms with Crippen molar-refractivity contribution >= 4 is 17.4 Å². The van der Waals surface area contributed by atoms with Gasteiger partial charge in [0.05, 0.1) is 11.6 Å². The average molecular weight is 241 g/mol. The molecule has 0 aromatic heterocycles. The Morgan fingerprint density at radius 3 is 2.75 bits per heavy atom. The van der Waals surface area contributed by atoms with Crippen LogP contribution in [-0.2, 0) is 0 Å². The normalized spacial score (nSPS) is 12.2. The zero-order valence-corrected chi connectivity index (χ0v) is 10.3. The van der Waals surface area contributed by atoms with Gasteiger partial charge in [0, 0.05) is 5.56 Å². The highest BCUT2D eigenvalue weighted by Gasteiger charge is 2.06. The first-order valence-electron chi connectivity index (χ1n) is 5.31. The maximum absolute atomic E-state index is 7.28. The summed E-state index contributed by atoms with van der Waals surface area (Å²) < 4.78 is 5.58. The summed E-state index contributed by atoms with van der Waals surface area (Å²) in [6, 6.07) is 5.14. The summed E-state index contributed by atoms with van der Waals surface area (Å²) in [5.41, 5.74) is 5.97. The van der Waals surface area contributed by atoms with E-state index >= 15 is 0 Å². The highest BCUT2D eigenvalue weighted by molar-refractivity contribution is 6.32. The number of benzene rings is 1. The van der Waals surface area contributed by atoms with Crippen molar-refractivity contribution in [2.75, 3.05) is 6.61 Å². The Labute approximate surface area is 101 Å². The van der Waals surface area contributed by atoms with Crippen LogP contribution in [0.25, 0.3) is 0 Å². The van der Waals surface area contributed by atoms with Crippen LogP contribution >= 0.6 is 11.6 Å². The van der Waals surface area contributed by atoms with Gasteiger partial charge >= 0.3 is 0 Å². The van der Waals surface area contributed by atoms with E-state index in [2.05, 4.69) is 13.8 Å². The zero-order chi connectivity index (χ0) is 12.1. The molecule has 0 saturated carbocycles. The third-order valence-corrected chi connectivity index (χ3v) is 2.76. The molecule has 88 valence electrons. The van der Waals surface area contributed by atoms with Gasteiger partial charge in [0.25, 0.3) is 0 Å². The molecule has 0 heterocycles. The summed E-state index contributed by atoms with van der Waals surface area (Å²) in [4.78, 5) is 0. The minimum absolute atomic E-state index is 0.00961. The van der Waals surface area contributed by atoms with Crippen LogP contribution in [0.15, 0.2) is 18.2 Å². The number of ether oxygens (including phenoxy) is 1. The quantitative estimate of drug-likeness (QED) is 0.614. The van der Waals surface area contributed by atoms with E-state index in [0.717, 1.165) is 6.42 Å². The summed E-state index contributed by atoms with van der Waals surface area (Å²) in [6.45, 7) is 4.89. The van der Waals surface area contributed by atoms with Crippen molar-refractivity contribution in [2.24, 2.45) is 11.7 Å². The Morgan fingerprint density at radius 2 is 2.25 bits per heavy atom. The highest BCUT2D eigenvalue weighted by atomic mass is 35.5. The smallest absolute Gasteiger partial charge is 0.137 e. The van der Waals surface area contributed by atoms with Crippen LogP contribution in [0.4, 0.5) is 0 Å². The van der Waals surface area contributed by atoms with E-state index in [4.69, 9.17) is 27.5 Å². The fourth-order valence-electron chi connectivity index (χ4n) is 1.14. The Kier molecular flexibility index (Phi) is 4.62. The second kappa shape index (κ2) is 5.75. The molecule has 0 saturated heterocycles. The molecule has 1 atom stereocenters. The highest BCUT2D eigenvalue weighted by Crippen LogP contribution is 2.25. The van der Waals surface area contributed by atoms with Crippen LogP contribution in [0.2, 0.25) is 5.02 Å². The van der Waals surface area contributed by atoms with E-state index in [1.54, 1.807) is 18.2 Å². The number of rotatable bonds is 5. The van der Waals surface area contributed by atoms with Crippen molar-refractivity contribution in [1.29, 1.82) is 5.41 Å². The summed E-state index contributed by atoms with van der Waals surface area (Å²) in [5, 5.41) is 7.78. The number of hydrogen-bond acceptors (Lipinski definition) is 2. The number of nitrogens with one attached hydrogen (secondary N) is 1. The first-order valence-corrected chi connectivity index (χ1v) is 5.69. The molecule has 0 aliphatic rings. The molecule has 0 amide bonds. The van der Waals surface area contributed by atoms with Crippen molar-refractivity contribution in [3.05, 3.63) is 28.8 Å². The third-order valence-electron chi connectivity index (χ3n) is 2.46. The summed E-state index contributed by atoms with van der Waals surface area (Å²) >= 11 is 6.02. The van der Waals surface area contributed by atoms with Crippen LogP contribution in [0.3, 0.4) is 0 Å². The predicted octanol–water partition coefficient (Wildman–Crippen LogP) is 3.05. The van der Waals surface area contributed by atoms with Crippen LogP contribution in [0.5, 0.6) is 5.75 Å². The van der Waals surface area contributed by atoms with Crippen LogP contribution in [0.1, 0.15) is 25.8 Å². The van der Waals surface area contributed by atoms with Crippen molar-refractivity contribution in [2.45, 2.75) is 20.3 Å². The lowest BCUT2D eigenvalue weighted by Gasteiger charge is -2.12. The average Bonchev–Trinajstić information content (AvgIpc) is 2.26. The topological polar surface area (TPSA) is 59.1 Å². The van der Waals surface area contributed by atoms with E-state index in [-0.39, 0.29) is 5.84 Å². The Bertz CT molecular complexity index is 379. The van der Waals surface area contributed by atoms with Gasteiger partial charge in [-0.15, -0.1) is 0 Å². The first-order chi connectivity index (χ1) is 7.54. The van der Waals surface area contributed by atoms with Gasteiger partial charge in [-0.2, -0.15) is 0 Å². The standard InChI is InChI=1S/C12H17ClN2O/c1-3-8(2)7-16-11-5-4-9(12(14)15)6-10(11)13/h4-6,8H,3,7H2,1-2H3,(H3,14,15). The number of nitrogen functional groups attached to an aromatic ring is 1. The van der Waals surface area contributed by atoms with Crippen molar-refractivity contribution in [3.8, 4) is 5.75 Å². The second-order valence-corrected chi connectivity index (χ2v) is 4.29. The minimum Gasteiger partial charge on any atom is -0.492 e. The molecular formula is C12H17ClN2O. The monoisotopic (exact) mass is 240 g/mol. The van der Waals surface area contributed by atoms with Crippen molar-refractivity contribution in [3.63, 3.8) is 0 Å². The lowest BCUT2D eigenvalue weighted by atomic mass is 10.1. The number of nitrogens with two attached hydrogens (primary N) is 1. The molecule has 0 aliphatic heterocycles. The fraction of sp³-hybridized carbons (Fsp3) is 0.417. The van der Waals surface area contributed by atoms with Gasteiger partial charge in [-0.25, -0.2) is 0 Å². The van der Waals surface area contributed by atoms with Crippen molar-refractivity contribution < 1.29 is 4.74 Å². The lowest BCUT2D eigenvalue weighted by Crippen LogP contribution is -2.11. The van der Waals surface area contributed by atoms with Gasteiger partial charge in [-0.1, -0.05) is 31.9 Å². The Hall–Kier alpha value is -1.22. The number of hydrogen-bond donors (Lipinski definition) is 2. The fourth-order valence-corrected chi connectivity index (χ4v) is 1.37. The van der Waals surface area contributed by atoms with Crippen LogP contribution < -0.4 is 10.5 Å². The maximum atomic E-state index is 7.28. The molecule has 0 bridgehead atoms. The molecule has 0 radical (unpaired) electrons. The van der Waals surface area contributed by atoms with Gasteiger partial charge < -0.3 is 10.5 Å². The van der Waals surface area contributed by atoms with Crippen LogP contribution in [-0.4, -0.2) is 12.4 Å². The van der Waals surface area contributed by atoms with E-state index in [9.17, 15) is 0 Å². The second-order valence-electron chi connectivity index (χ2n) is 3.88. The molecule has 0 aliphatic carbocycles. The predicted molar refractivity (Wildman–Crippen MR) is 67.4 cm³/mol. The molecule has 3 nitrogen and oxygen atoms in total. The number of amidine groups is 1. The molecule has 16 heavy (non-hydrogen) atoms. The van der Waals surface area contributed by atoms with E-state index in [1.807, 2.05) is 0 Å². The molecule has 0 fully saturated rings. The number of halogens is 1. The van der Waals surface area contributed by atoms with Gasteiger partial charge in [-0.3, -0.25) is 5.41 Å². The van der Waals surface area contributed by atoms with E-state index in [1.165, 1.54) is 0 Å². The van der Waals surface area contributed by atoms with Gasteiger partial charge in [-0.05, 0) is 24.1 Å². The zero-order valence-electron chi connectivity index (χ0n) is 9.59. The van der Waals surface area contributed by atoms with E-state index in [0.29, 0.717) is 28.9 Å². The van der Waals surface area contributed by atoms with E-state index < -0.39 is 0 Å². The van der Waals surface area contributed by atoms with Crippen molar-refractivity contribution in [1.82, 2.24) is 0 Å².